The third kappa shape index (κ3) is 5.18. The monoisotopic (exact) mass is 285 g/mol. The highest BCUT2D eigenvalue weighted by Crippen LogP contribution is 2.16. The van der Waals surface area contributed by atoms with Gasteiger partial charge >= 0.3 is 12.1 Å². The van der Waals surface area contributed by atoms with E-state index in [-0.39, 0.29) is 5.56 Å². The molecule has 0 heterocycles. The number of hydrogen-bond acceptors (Lipinski definition) is 3. The summed E-state index contributed by atoms with van der Waals surface area (Å²) in [4.78, 5) is 22.2. The van der Waals surface area contributed by atoms with Crippen LogP contribution in [0.15, 0.2) is 18.2 Å². The highest BCUT2D eigenvalue weighted by Gasteiger charge is 2.08. The van der Waals surface area contributed by atoms with Gasteiger partial charge in [-0.2, -0.15) is 0 Å². The topological polar surface area (TPSA) is 75.6 Å². The van der Waals surface area contributed by atoms with Crippen LogP contribution in [-0.4, -0.2) is 29.7 Å². The third-order valence-electron chi connectivity index (χ3n) is 2.47. The molecular formula is C13H16ClNO4. The summed E-state index contributed by atoms with van der Waals surface area (Å²) in [6, 6.07) is 4.46. The molecule has 6 heteroatoms. The maximum Gasteiger partial charge on any atom is 0.411 e. The fraction of sp³-hybridized carbons (Fsp3) is 0.385. The molecule has 1 rings (SSSR count). The number of carbonyl (C=O) groups is 2. The van der Waals surface area contributed by atoms with Crippen molar-refractivity contribution in [2.75, 3.05) is 17.8 Å². The summed E-state index contributed by atoms with van der Waals surface area (Å²) in [5.74, 6) is -0.459. The number of alkyl halides is 1. The SMILES string of the molecule is Cc1cc(C(=O)O)ccc1NC(=O)OCCCCCl. The van der Waals surface area contributed by atoms with Crippen LogP contribution in [0.25, 0.3) is 0 Å². The van der Waals surface area contributed by atoms with Gasteiger partial charge in [0.15, 0.2) is 0 Å². The van der Waals surface area contributed by atoms with E-state index >= 15 is 0 Å². The molecule has 0 aliphatic carbocycles. The molecule has 5 nitrogen and oxygen atoms in total. The zero-order valence-corrected chi connectivity index (χ0v) is 11.4. The van der Waals surface area contributed by atoms with Crippen molar-refractivity contribution in [3.8, 4) is 0 Å². The number of amides is 1. The van der Waals surface area contributed by atoms with E-state index in [0.717, 1.165) is 6.42 Å². The smallest absolute Gasteiger partial charge is 0.411 e. The quantitative estimate of drug-likeness (QED) is 0.621. The Hall–Kier alpha value is -1.75. The van der Waals surface area contributed by atoms with Crippen LogP contribution in [0.4, 0.5) is 10.5 Å². The summed E-state index contributed by atoms with van der Waals surface area (Å²) < 4.78 is 4.96. The van der Waals surface area contributed by atoms with Crippen molar-refractivity contribution in [2.24, 2.45) is 0 Å². The lowest BCUT2D eigenvalue weighted by atomic mass is 10.1. The van der Waals surface area contributed by atoms with Crippen LogP contribution in [0.2, 0.25) is 0 Å². The molecule has 0 fully saturated rings. The van der Waals surface area contributed by atoms with E-state index in [2.05, 4.69) is 5.32 Å². The first kappa shape index (κ1) is 15.3. The van der Waals surface area contributed by atoms with Gasteiger partial charge in [0.25, 0.3) is 0 Å². The van der Waals surface area contributed by atoms with Gasteiger partial charge in [0.1, 0.15) is 0 Å². The highest BCUT2D eigenvalue weighted by atomic mass is 35.5. The minimum atomic E-state index is -1.00. The molecule has 1 aromatic carbocycles. The van der Waals surface area contributed by atoms with Crippen LogP contribution in [0.1, 0.15) is 28.8 Å². The largest absolute Gasteiger partial charge is 0.478 e. The molecule has 0 saturated carbocycles. The average Bonchev–Trinajstić information content (AvgIpc) is 2.37. The van der Waals surface area contributed by atoms with E-state index < -0.39 is 12.1 Å². The number of anilines is 1. The van der Waals surface area contributed by atoms with Crippen molar-refractivity contribution in [3.05, 3.63) is 29.3 Å². The van der Waals surface area contributed by atoms with E-state index in [9.17, 15) is 9.59 Å². The van der Waals surface area contributed by atoms with E-state index in [0.29, 0.717) is 30.2 Å². The zero-order valence-electron chi connectivity index (χ0n) is 10.6. The summed E-state index contributed by atoms with van der Waals surface area (Å²) in [6.07, 6.45) is 0.954. The van der Waals surface area contributed by atoms with Crippen LogP contribution in [0.3, 0.4) is 0 Å². The first-order valence-electron chi connectivity index (χ1n) is 5.88. The van der Waals surface area contributed by atoms with E-state index in [1.54, 1.807) is 13.0 Å². The molecule has 0 aliphatic rings. The average molecular weight is 286 g/mol. The maximum absolute atomic E-state index is 11.5. The molecule has 0 saturated heterocycles. The number of hydrogen-bond donors (Lipinski definition) is 2. The molecule has 1 aromatic rings. The number of benzene rings is 1. The highest BCUT2D eigenvalue weighted by molar-refractivity contribution is 6.17. The lowest BCUT2D eigenvalue weighted by Crippen LogP contribution is -2.15. The second-order valence-corrected chi connectivity index (χ2v) is 4.37. The second kappa shape index (κ2) is 7.63. The number of aryl methyl sites for hydroxylation is 1. The Kier molecular flexibility index (Phi) is 6.15. The summed E-state index contributed by atoms with van der Waals surface area (Å²) >= 11 is 5.50. The molecule has 0 radical (unpaired) electrons. The van der Waals surface area contributed by atoms with Gasteiger partial charge < -0.3 is 9.84 Å². The summed E-state index contributed by atoms with van der Waals surface area (Å²) in [5, 5.41) is 11.4. The van der Waals surface area contributed by atoms with Gasteiger partial charge in [-0.1, -0.05) is 0 Å². The van der Waals surface area contributed by atoms with Crippen molar-refractivity contribution < 1.29 is 19.4 Å². The molecular weight excluding hydrogens is 270 g/mol. The molecule has 104 valence electrons. The third-order valence-corrected chi connectivity index (χ3v) is 2.74. The van der Waals surface area contributed by atoms with Gasteiger partial charge in [-0.05, 0) is 43.5 Å². The summed E-state index contributed by atoms with van der Waals surface area (Å²) in [5.41, 5.74) is 1.38. The van der Waals surface area contributed by atoms with Gasteiger partial charge in [0.2, 0.25) is 0 Å². The number of unbranched alkanes of at least 4 members (excludes halogenated alkanes) is 1. The lowest BCUT2D eigenvalue weighted by Gasteiger charge is -2.09. The Morgan fingerprint density at radius 2 is 2.11 bits per heavy atom. The molecule has 1 amide bonds. The minimum absolute atomic E-state index is 0.179. The predicted octanol–water partition coefficient (Wildman–Crippen LogP) is 3.26. The van der Waals surface area contributed by atoms with Crippen LogP contribution in [0, 0.1) is 6.92 Å². The van der Waals surface area contributed by atoms with Crippen LogP contribution < -0.4 is 5.32 Å². The Morgan fingerprint density at radius 1 is 1.37 bits per heavy atom. The number of nitrogens with one attached hydrogen (secondary N) is 1. The number of ether oxygens (including phenoxy) is 1. The van der Waals surface area contributed by atoms with Crippen LogP contribution in [-0.2, 0) is 4.74 Å². The van der Waals surface area contributed by atoms with Gasteiger partial charge in [0, 0.05) is 11.6 Å². The van der Waals surface area contributed by atoms with Crippen LogP contribution in [0.5, 0.6) is 0 Å². The van der Waals surface area contributed by atoms with Gasteiger partial charge in [-0.25, -0.2) is 9.59 Å². The molecule has 0 unspecified atom stereocenters. The number of carboxylic acid groups (broad SMARTS) is 1. The van der Waals surface area contributed by atoms with Gasteiger partial charge in [-0.3, -0.25) is 5.32 Å². The van der Waals surface area contributed by atoms with Crippen molar-refractivity contribution >= 4 is 29.4 Å². The van der Waals surface area contributed by atoms with E-state index in [1.807, 2.05) is 0 Å². The summed E-state index contributed by atoms with van der Waals surface area (Å²) in [7, 11) is 0. The van der Waals surface area contributed by atoms with Crippen molar-refractivity contribution in [2.45, 2.75) is 19.8 Å². The zero-order chi connectivity index (χ0) is 14.3. The van der Waals surface area contributed by atoms with E-state index in [4.69, 9.17) is 21.4 Å². The fourth-order valence-electron chi connectivity index (χ4n) is 1.44. The van der Waals surface area contributed by atoms with Crippen molar-refractivity contribution in [3.63, 3.8) is 0 Å². The molecule has 0 aromatic heterocycles. The number of carboxylic acids is 1. The Labute approximate surface area is 116 Å². The second-order valence-electron chi connectivity index (χ2n) is 3.99. The van der Waals surface area contributed by atoms with Crippen LogP contribution >= 0.6 is 11.6 Å². The number of aromatic carboxylic acids is 1. The molecule has 0 bridgehead atoms. The van der Waals surface area contributed by atoms with E-state index in [1.165, 1.54) is 12.1 Å². The Balaban J connectivity index is 2.52. The first-order valence-corrected chi connectivity index (χ1v) is 6.41. The number of halogens is 1. The molecule has 0 atom stereocenters. The normalized spacial score (nSPS) is 10.0. The molecule has 19 heavy (non-hydrogen) atoms. The summed E-state index contributed by atoms with van der Waals surface area (Å²) in [6.45, 7) is 2.03. The Morgan fingerprint density at radius 3 is 2.68 bits per heavy atom. The first-order chi connectivity index (χ1) is 9.04. The number of rotatable bonds is 6. The van der Waals surface area contributed by atoms with Crippen molar-refractivity contribution in [1.82, 2.24) is 0 Å². The molecule has 0 spiro atoms. The van der Waals surface area contributed by atoms with Gasteiger partial charge in [0.05, 0.1) is 12.2 Å². The molecule has 0 aliphatic heterocycles. The molecule has 2 N–H and O–H groups in total. The minimum Gasteiger partial charge on any atom is -0.478 e. The maximum atomic E-state index is 11.5. The van der Waals surface area contributed by atoms with Gasteiger partial charge in [-0.15, -0.1) is 11.6 Å². The standard InChI is InChI=1S/C13H16ClNO4/c1-9-8-10(12(16)17)4-5-11(9)15-13(18)19-7-3-2-6-14/h4-5,8H,2-3,6-7H2,1H3,(H,15,18)(H,16,17). The van der Waals surface area contributed by atoms with Crippen molar-refractivity contribution in [1.29, 1.82) is 0 Å². The number of carbonyl (C=O) groups excluding carboxylic acids is 1. The predicted molar refractivity (Wildman–Crippen MR) is 73.1 cm³/mol. The lowest BCUT2D eigenvalue weighted by molar-refractivity contribution is 0.0696. The Bertz CT molecular complexity index is 462. The fourth-order valence-corrected chi connectivity index (χ4v) is 1.63.